The Hall–Kier alpha value is -2.80. The highest BCUT2D eigenvalue weighted by Crippen LogP contribution is 2.27. The molecule has 1 fully saturated rings. The summed E-state index contributed by atoms with van der Waals surface area (Å²) in [7, 11) is 1.65. The molecule has 1 aromatic carbocycles. The van der Waals surface area contributed by atoms with E-state index >= 15 is 0 Å². The van der Waals surface area contributed by atoms with Crippen LogP contribution >= 0.6 is 0 Å². The Morgan fingerprint density at radius 1 is 1.17 bits per heavy atom. The summed E-state index contributed by atoms with van der Waals surface area (Å²) in [4.78, 5) is 27.7. The van der Waals surface area contributed by atoms with Gasteiger partial charge in [-0.1, -0.05) is 26.0 Å². The number of hydrogen-bond acceptors (Lipinski definition) is 5. The molecule has 0 spiro atoms. The fourth-order valence-electron chi connectivity index (χ4n) is 3.82. The Bertz CT molecular complexity index is 829. The zero-order valence-corrected chi connectivity index (χ0v) is 17.9. The van der Waals surface area contributed by atoms with E-state index in [1.54, 1.807) is 19.2 Å². The van der Waals surface area contributed by atoms with Gasteiger partial charge in [0, 0.05) is 6.54 Å². The first-order valence-electron chi connectivity index (χ1n) is 10.5. The molecule has 1 aromatic heterocycles. The predicted molar refractivity (Wildman–Crippen MR) is 114 cm³/mol. The second kappa shape index (κ2) is 10.3. The topological polar surface area (TPSA) is 83.8 Å². The lowest BCUT2D eigenvalue weighted by atomic mass is 10.0. The number of nitrogens with one attached hydrogen (secondary N) is 2. The first-order chi connectivity index (χ1) is 14.5. The van der Waals surface area contributed by atoms with Crippen molar-refractivity contribution in [3.63, 3.8) is 0 Å². The van der Waals surface area contributed by atoms with E-state index in [4.69, 9.17) is 9.15 Å². The molecule has 2 atom stereocenters. The molecule has 1 saturated heterocycles. The minimum absolute atomic E-state index is 0.0557. The normalized spacial score (nSPS) is 16.3. The summed E-state index contributed by atoms with van der Waals surface area (Å²) in [5, 5.41) is 5.85. The maximum absolute atomic E-state index is 13.0. The molecular formula is C23H31N3O4. The Morgan fingerprint density at radius 2 is 1.93 bits per heavy atom. The van der Waals surface area contributed by atoms with Crippen LogP contribution in [0.2, 0.25) is 0 Å². The lowest BCUT2D eigenvalue weighted by Crippen LogP contribution is -2.51. The van der Waals surface area contributed by atoms with E-state index in [0.717, 1.165) is 37.2 Å². The quantitative estimate of drug-likeness (QED) is 0.660. The molecule has 30 heavy (non-hydrogen) atoms. The van der Waals surface area contributed by atoms with Gasteiger partial charge >= 0.3 is 0 Å². The molecule has 0 radical (unpaired) electrons. The van der Waals surface area contributed by atoms with Crippen LogP contribution in [-0.2, 0) is 4.79 Å². The van der Waals surface area contributed by atoms with E-state index in [-0.39, 0.29) is 23.6 Å². The molecule has 7 nitrogen and oxygen atoms in total. The van der Waals surface area contributed by atoms with Crippen molar-refractivity contribution in [2.24, 2.45) is 5.92 Å². The molecule has 3 rings (SSSR count). The summed E-state index contributed by atoms with van der Waals surface area (Å²) in [5.74, 6) is 0.342. The van der Waals surface area contributed by atoms with Gasteiger partial charge in [0.15, 0.2) is 5.76 Å². The highest BCUT2D eigenvalue weighted by Gasteiger charge is 2.28. The predicted octanol–water partition coefficient (Wildman–Crippen LogP) is 3.00. The van der Waals surface area contributed by atoms with Crippen molar-refractivity contribution in [2.75, 3.05) is 26.7 Å². The van der Waals surface area contributed by atoms with Gasteiger partial charge in [-0.15, -0.1) is 0 Å². The summed E-state index contributed by atoms with van der Waals surface area (Å²) in [6, 6.07) is 10.6. The zero-order chi connectivity index (χ0) is 21.5. The number of hydrogen-bond donors (Lipinski definition) is 2. The SMILES string of the molecule is COc1cccc([C@@H](CNC(=O)[C@H](NC(=O)c2ccco2)C(C)C)N2CCCC2)c1. The third kappa shape index (κ3) is 5.42. The van der Waals surface area contributed by atoms with Gasteiger partial charge in [-0.25, -0.2) is 0 Å². The number of carbonyl (C=O) groups is 2. The molecule has 2 N–H and O–H groups in total. The number of methoxy groups -OCH3 is 1. The molecule has 162 valence electrons. The molecule has 2 heterocycles. The lowest BCUT2D eigenvalue weighted by molar-refractivity contribution is -0.124. The van der Waals surface area contributed by atoms with Gasteiger partial charge in [0.25, 0.3) is 5.91 Å². The van der Waals surface area contributed by atoms with Gasteiger partial charge < -0.3 is 19.8 Å². The van der Waals surface area contributed by atoms with Crippen LogP contribution in [0.1, 0.15) is 48.8 Å². The average Bonchev–Trinajstić information content (AvgIpc) is 3.46. The number of nitrogens with zero attached hydrogens (tertiary/aromatic N) is 1. The van der Waals surface area contributed by atoms with Crippen LogP contribution in [0.4, 0.5) is 0 Å². The molecule has 0 saturated carbocycles. The number of likely N-dealkylation sites (tertiary alicyclic amines) is 1. The van der Waals surface area contributed by atoms with Crippen LogP contribution in [0.25, 0.3) is 0 Å². The lowest BCUT2D eigenvalue weighted by Gasteiger charge is -2.29. The number of rotatable bonds is 9. The summed E-state index contributed by atoms with van der Waals surface area (Å²) < 4.78 is 10.5. The standard InChI is InChI=1S/C23H31N3O4/c1-16(2)21(25-22(27)20-10-7-13-30-20)23(28)24-15-19(26-11-4-5-12-26)17-8-6-9-18(14-17)29-3/h6-10,13-14,16,19,21H,4-5,11-12,15H2,1-3H3,(H,24,28)(H,25,27)/t19-,21-/m1/s1. The molecular weight excluding hydrogens is 382 g/mol. The van der Waals surface area contributed by atoms with Gasteiger partial charge in [0.05, 0.1) is 19.4 Å². The van der Waals surface area contributed by atoms with E-state index in [0.29, 0.717) is 6.54 Å². The van der Waals surface area contributed by atoms with Crippen LogP contribution in [0.3, 0.4) is 0 Å². The Balaban J connectivity index is 1.69. The molecule has 0 aliphatic carbocycles. The van der Waals surface area contributed by atoms with E-state index in [2.05, 4.69) is 21.6 Å². The van der Waals surface area contributed by atoms with Crippen LogP contribution in [0, 0.1) is 5.92 Å². The molecule has 0 unspecified atom stereocenters. The molecule has 2 amide bonds. The smallest absolute Gasteiger partial charge is 0.287 e. The number of ether oxygens (including phenoxy) is 1. The third-order valence-electron chi connectivity index (χ3n) is 5.51. The van der Waals surface area contributed by atoms with Crippen LogP contribution in [0.15, 0.2) is 47.1 Å². The summed E-state index contributed by atoms with van der Waals surface area (Å²) in [5.41, 5.74) is 1.11. The Kier molecular flexibility index (Phi) is 7.52. The number of benzene rings is 1. The second-order valence-corrected chi connectivity index (χ2v) is 7.95. The molecule has 2 aromatic rings. The number of furan rings is 1. The van der Waals surface area contributed by atoms with Crippen molar-refractivity contribution in [3.8, 4) is 5.75 Å². The van der Waals surface area contributed by atoms with E-state index < -0.39 is 11.9 Å². The van der Waals surface area contributed by atoms with Crippen molar-refractivity contribution in [1.29, 1.82) is 0 Å². The van der Waals surface area contributed by atoms with Gasteiger partial charge in [-0.2, -0.15) is 0 Å². The zero-order valence-electron chi connectivity index (χ0n) is 17.9. The first-order valence-corrected chi connectivity index (χ1v) is 10.5. The Morgan fingerprint density at radius 3 is 2.57 bits per heavy atom. The molecule has 7 heteroatoms. The van der Waals surface area contributed by atoms with Crippen molar-refractivity contribution >= 4 is 11.8 Å². The number of amides is 2. The van der Waals surface area contributed by atoms with E-state index in [1.165, 1.54) is 6.26 Å². The second-order valence-electron chi connectivity index (χ2n) is 7.95. The van der Waals surface area contributed by atoms with E-state index in [1.807, 2.05) is 32.0 Å². The largest absolute Gasteiger partial charge is 0.497 e. The minimum Gasteiger partial charge on any atom is -0.497 e. The van der Waals surface area contributed by atoms with Crippen molar-refractivity contribution in [1.82, 2.24) is 15.5 Å². The molecule has 1 aliphatic rings. The molecule has 1 aliphatic heterocycles. The van der Waals surface area contributed by atoms with Gasteiger partial charge in [-0.3, -0.25) is 14.5 Å². The van der Waals surface area contributed by atoms with Crippen LogP contribution in [0.5, 0.6) is 5.75 Å². The van der Waals surface area contributed by atoms with Gasteiger partial charge in [0.2, 0.25) is 5.91 Å². The summed E-state index contributed by atoms with van der Waals surface area (Å²) in [6.45, 7) is 6.28. The van der Waals surface area contributed by atoms with Gasteiger partial charge in [-0.05, 0) is 61.7 Å². The summed E-state index contributed by atoms with van der Waals surface area (Å²) in [6.07, 6.45) is 3.75. The van der Waals surface area contributed by atoms with Crippen molar-refractivity contribution in [2.45, 2.75) is 38.8 Å². The van der Waals surface area contributed by atoms with Crippen LogP contribution in [-0.4, -0.2) is 49.5 Å². The Labute approximate surface area is 177 Å². The highest BCUT2D eigenvalue weighted by molar-refractivity contribution is 5.95. The maximum Gasteiger partial charge on any atom is 0.287 e. The number of carbonyl (C=O) groups excluding carboxylic acids is 2. The first kappa shape index (κ1) is 21.9. The highest BCUT2D eigenvalue weighted by atomic mass is 16.5. The third-order valence-corrected chi connectivity index (χ3v) is 5.51. The van der Waals surface area contributed by atoms with Crippen molar-refractivity contribution in [3.05, 3.63) is 54.0 Å². The van der Waals surface area contributed by atoms with Crippen LogP contribution < -0.4 is 15.4 Å². The van der Waals surface area contributed by atoms with E-state index in [9.17, 15) is 9.59 Å². The molecule has 0 bridgehead atoms. The minimum atomic E-state index is -0.646. The monoisotopic (exact) mass is 413 g/mol. The van der Waals surface area contributed by atoms with Gasteiger partial charge in [0.1, 0.15) is 11.8 Å². The fourth-order valence-corrected chi connectivity index (χ4v) is 3.82. The average molecular weight is 414 g/mol. The van der Waals surface area contributed by atoms with Crippen molar-refractivity contribution < 1.29 is 18.7 Å². The summed E-state index contributed by atoms with van der Waals surface area (Å²) >= 11 is 0. The fraction of sp³-hybridized carbons (Fsp3) is 0.478. The maximum atomic E-state index is 13.0.